The van der Waals surface area contributed by atoms with Gasteiger partial charge >= 0.3 is 0 Å². The van der Waals surface area contributed by atoms with Crippen LogP contribution in [0.1, 0.15) is 18.4 Å². The smallest absolute Gasteiger partial charge is 0.298 e. The van der Waals surface area contributed by atoms with E-state index in [-0.39, 0.29) is 22.7 Å². The molecule has 0 saturated carbocycles. The SMILES string of the molecule is Cc1c(-n2c(=O)c(N3CCCC3)nc3ccc([N+](=O)[O-])cc32)c(=O)[nH]c2ccccc12. The maximum absolute atomic E-state index is 13.6. The maximum Gasteiger partial charge on any atom is 0.298 e. The molecule has 31 heavy (non-hydrogen) atoms. The van der Waals surface area contributed by atoms with Crippen molar-refractivity contribution >= 4 is 33.4 Å². The zero-order valence-corrected chi connectivity index (χ0v) is 16.8. The zero-order valence-electron chi connectivity index (χ0n) is 16.8. The Hall–Kier alpha value is -4.01. The van der Waals surface area contributed by atoms with E-state index in [1.54, 1.807) is 13.0 Å². The number of nitrogens with zero attached hydrogens (tertiary/aromatic N) is 4. The van der Waals surface area contributed by atoms with Gasteiger partial charge in [0.25, 0.3) is 16.8 Å². The van der Waals surface area contributed by atoms with E-state index in [1.807, 2.05) is 23.1 Å². The van der Waals surface area contributed by atoms with Crippen LogP contribution < -0.4 is 16.0 Å². The molecule has 0 radical (unpaired) electrons. The van der Waals surface area contributed by atoms with Gasteiger partial charge in [-0.15, -0.1) is 0 Å². The van der Waals surface area contributed by atoms with Crippen molar-refractivity contribution in [3.8, 4) is 5.69 Å². The van der Waals surface area contributed by atoms with Gasteiger partial charge in [-0.3, -0.25) is 24.3 Å². The van der Waals surface area contributed by atoms with E-state index in [2.05, 4.69) is 9.97 Å². The quantitative estimate of drug-likeness (QED) is 0.405. The van der Waals surface area contributed by atoms with E-state index in [9.17, 15) is 19.7 Å². The second-order valence-corrected chi connectivity index (χ2v) is 7.67. The molecular weight excluding hydrogens is 398 g/mol. The van der Waals surface area contributed by atoms with Crippen molar-refractivity contribution in [3.05, 3.63) is 78.8 Å². The van der Waals surface area contributed by atoms with Gasteiger partial charge in [0, 0.05) is 36.1 Å². The summed E-state index contributed by atoms with van der Waals surface area (Å²) in [5.41, 5.74) is 0.996. The second kappa shape index (κ2) is 7.05. The number of H-pyrrole nitrogens is 1. The van der Waals surface area contributed by atoms with Crippen LogP contribution >= 0.6 is 0 Å². The predicted molar refractivity (Wildman–Crippen MR) is 118 cm³/mol. The van der Waals surface area contributed by atoms with Gasteiger partial charge in [-0.2, -0.15) is 0 Å². The summed E-state index contributed by atoms with van der Waals surface area (Å²) in [7, 11) is 0. The van der Waals surface area contributed by atoms with Crippen molar-refractivity contribution < 1.29 is 4.92 Å². The fraction of sp³-hybridized carbons (Fsp3) is 0.227. The fourth-order valence-corrected chi connectivity index (χ4v) is 4.29. The Bertz CT molecular complexity index is 1480. The van der Waals surface area contributed by atoms with E-state index < -0.39 is 16.0 Å². The van der Waals surface area contributed by atoms with Crippen LogP contribution in [-0.4, -0.2) is 32.5 Å². The van der Waals surface area contributed by atoms with Crippen molar-refractivity contribution in [3.63, 3.8) is 0 Å². The first-order chi connectivity index (χ1) is 15.0. The summed E-state index contributed by atoms with van der Waals surface area (Å²) in [6.45, 7) is 3.18. The van der Waals surface area contributed by atoms with E-state index in [1.165, 1.54) is 22.8 Å². The van der Waals surface area contributed by atoms with E-state index in [0.29, 0.717) is 29.7 Å². The minimum Gasteiger partial charge on any atom is -0.352 e. The molecule has 4 aromatic rings. The van der Waals surface area contributed by atoms with Crippen molar-refractivity contribution in [2.24, 2.45) is 0 Å². The third kappa shape index (κ3) is 2.97. The number of non-ortho nitro benzene ring substituents is 1. The minimum absolute atomic E-state index is 0.150. The van der Waals surface area contributed by atoms with Crippen molar-refractivity contribution in [2.75, 3.05) is 18.0 Å². The molecule has 1 aliphatic rings. The number of fused-ring (bicyclic) bond motifs is 2. The Morgan fingerprint density at radius 2 is 1.84 bits per heavy atom. The van der Waals surface area contributed by atoms with Gasteiger partial charge < -0.3 is 9.88 Å². The Morgan fingerprint density at radius 1 is 1.10 bits per heavy atom. The Morgan fingerprint density at radius 3 is 2.58 bits per heavy atom. The number of benzene rings is 2. The molecular formula is C22H19N5O4. The molecule has 2 aromatic heterocycles. The lowest BCUT2D eigenvalue weighted by molar-refractivity contribution is -0.384. The standard InChI is InChI=1S/C22H19N5O4/c1-13-15-6-2-3-7-16(15)24-21(28)19(13)26-18-12-14(27(30)31)8-9-17(18)23-20(22(26)29)25-10-4-5-11-25/h2-3,6-9,12H,4-5,10-11H2,1H3,(H,24,28). The van der Waals surface area contributed by atoms with Crippen LogP contribution in [0.15, 0.2) is 52.1 Å². The molecule has 1 N–H and O–H groups in total. The molecule has 1 aliphatic heterocycles. The van der Waals surface area contributed by atoms with Crippen LogP contribution in [0.3, 0.4) is 0 Å². The number of anilines is 1. The average molecular weight is 417 g/mol. The molecule has 156 valence electrons. The molecule has 0 atom stereocenters. The molecule has 1 saturated heterocycles. The Labute approximate surface area is 175 Å². The fourth-order valence-electron chi connectivity index (χ4n) is 4.29. The Balaban J connectivity index is 1.93. The number of hydrogen-bond donors (Lipinski definition) is 1. The molecule has 9 heteroatoms. The highest BCUT2D eigenvalue weighted by molar-refractivity contribution is 5.87. The van der Waals surface area contributed by atoms with Crippen LogP contribution in [0.25, 0.3) is 27.6 Å². The molecule has 0 bridgehead atoms. The first-order valence-corrected chi connectivity index (χ1v) is 10.0. The van der Waals surface area contributed by atoms with Gasteiger partial charge in [0.05, 0.1) is 16.0 Å². The zero-order chi connectivity index (χ0) is 21.7. The number of aryl methyl sites for hydroxylation is 1. The molecule has 2 aromatic carbocycles. The van der Waals surface area contributed by atoms with Gasteiger partial charge in [0.2, 0.25) is 0 Å². The summed E-state index contributed by atoms with van der Waals surface area (Å²) in [6.07, 6.45) is 1.91. The molecule has 0 aliphatic carbocycles. The van der Waals surface area contributed by atoms with Crippen molar-refractivity contribution in [2.45, 2.75) is 19.8 Å². The number of nitro groups is 1. The van der Waals surface area contributed by atoms with Crippen LogP contribution in [0.4, 0.5) is 11.5 Å². The maximum atomic E-state index is 13.6. The highest BCUT2D eigenvalue weighted by Crippen LogP contribution is 2.26. The van der Waals surface area contributed by atoms with Crippen LogP contribution in [0.5, 0.6) is 0 Å². The average Bonchev–Trinajstić information content (AvgIpc) is 3.29. The number of hydrogen-bond acceptors (Lipinski definition) is 6. The lowest BCUT2D eigenvalue weighted by Gasteiger charge is -2.19. The highest BCUT2D eigenvalue weighted by atomic mass is 16.6. The summed E-state index contributed by atoms with van der Waals surface area (Å²) in [5, 5.41) is 12.2. The molecule has 3 heterocycles. The number of nitro benzene ring substituents is 1. The van der Waals surface area contributed by atoms with Crippen molar-refractivity contribution in [1.82, 2.24) is 14.5 Å². The second-order valence-electron chi connectivity index (χ2n) is 7.67. The number of nitrogens with one attached hydrogen (secondary N) is 1. The van der Waals surface area contributed by atoms with Crippen LogP contribution in [0, 0.1) is 17.0 Å². The number of aromatic amines is 1. The molecule has 0 unspecified atom stereocenters. The third-order valence-electron chi connectivity index (χ3n) is 5.81. The molecule has 0 spiro atoms. The topological polar surface area (TPSA) is 114 Å². The van der Waals surface area contributed by atoms with Crippen molar-refractivity contribution in [1.29, 1.82) is 0 Å². The number of rotatable bonds is 3. The molecule has 9 nitrogen and oxygen atoms in total. The molecule has 0 amide bonds. The lowest BCUT2D eigenvalue weighted by Crippen LogP contribution is -2.34. The first kappa shape index (κ1) is 19.0. The summed E-state index contributed by atoms with van der Waals surface area (Å²) < 4.78 is 1.28. The Kier molecular flexibility index (Phi) is 4.32. The number of para-hydroxylation sites is 1. The van der Waals surface area contributed by atoms with E-state index in [4.69, 9.17) is 0 Å². The van der Waals surface area contributed by atoms with Gasteiger partial charge in [-0.05, 0) is 37.5 Å². The monoisotopic (exact) mass is 417 g/mol. The van der Waals surface area contributed by atoms with Crippen LogP contribution in [-0.2, 0) is 0 Å². The largest absolute Gasteiger partial charge is 0.352 e. The minimum atomic E-state index is -0.528. The molecule has 1 fully saturated rings. The normalized spacial score (nSPS) is 13.9. The summed E-state index contributed by atoms with van der Waals surface area (Å²) >= 11 is 0. The number of pyridine rings is 1. The summed E-state index contributed by atoms with van der Waals surface area (Å²) in [6, 6.07) is 11.5. The van der Waals surface area contributed by atoms with E-state index >= 15 is 0 Å². The van der Waals surface area contributed by atoms with Gasteiger partial charge in [-0.1, -0.05) is 18.2 Å². The lowest BCUT2D eigenvalue weighted by atomic mass is 10.1. The number of aromatic nitrogens is 3. The van der Waals surface area contributed by atoms with Gasteiger partial charge in [0.1, 0.15) is 5.69 Å². The van der Waals surface area contributed by atoms with Gasteiger partial charge in [-0.25, -0.2) is 4.98 Å². The molecule has 5 rings (SSSR count). The van der Waals surface area contributed by atoms with E-state index in [0.717, 1.165) is 18.2 Å². The van der Waals surface area contributed by atoms with Crippen LogP contribution in [0.2, 0.25) is 0 Å². The summed E-state index contributed by atoms with van der Waals surface area (Å²) in [5.74, 6) is 0.255. The predicted octanol–water partition coefficient (Wildman–Crippen LogP) is 3.04. The summed E-state index contributed by atoms with van der Waals surface area (Å²) in [4.78, 5) is 46.9. The van der Waals surface area contributed by atoms with Gasteiger partial charge in [0.15, 0.2) is 5.82 Å². The first-order valence-electron chi connectivity index (χ1n) is 10.0. The third-order valence-corrected chi connectivity index (χ3v) is 5.81. The highest BCUT2D eigenvalue weighted by Gasteiger charge is 2.24.